The van der Waals surface area contributed by atoms with Crippen molar-refractivity contribution in [2.75, 3.05) is 0 Å². The van der Waals surface area contributed by atoms with Gasteiger partial charge in [0.25, 0.3) is 5.91 Å². The summed E-state index contributed by atoms with van der Waals surface area (Å²) in [5.74, 6) is -0.865. The molecule has 0 fully saturated rings. The average molecular weight is 348 g/mol. The van der Waals surface area contributed by atoms with Crippen LogP contribution in [-0.4, -0.2) is 5.91 Å². The molecule has 2 nitrogen and oxygen atoms in total. The summed E-state index contributed by atoms with van der Waals surface area (Å²) in [4.78, 5) is 12.3. The maximum Gasteiger partial charge on any atom is 0.254 e. The summed E-state index contributed by atoms with van der Waals surface area (Å²) in [5.41, 5.74) is 2.49. The van der Waals surface area contributed by atoms with Gasteiger partial charge in [0.2, 0.25) is 0 Å². The first-order chi connectivity index (χ1) is 10.1. The van der Waals surface area contributed by atoms with Gasteiger partial charge in [0, 0.05) is 4.47 Å². The number of fused-ring (bicyclic) bond motifs is 1. The lowest BCUT2D eigenvalue weighted by molar-refractivity contribution is 0.0928. The fourth-order valence-corrected chi connectivity index (χ4v) is 3.17. The highest BCUT2D eigenvalue weighted by molar-refractivity contribution is 9.10. The molecule has 2 aromatic rings. The Labute approximate surface area is 131 Å². The molecule has 0 radical (unpaired) electrons. The van der Waals surface area contributed by atoms with Crippen LogP contribution in [-0.2, 0) is 6.42 Å². The van der Waals surface area contributed by atoms with E-state index in [4.69, 9.17) is 0 Å². The molecule has 1 aliphatic rings. The lowest BCUT2D eigenvalue weighted by Crippen LogP contribution is -2.31. The average Bonchev–Trinajstić information content (AvgIpc) is 2.50. The van der Waals surface area contributed by atoms with Gasteiger partial charge in [-0.15, -0.1) is 0 Å². The molecule has 1 aliphatic carbocycles. The van der Waals surface area contributed by atoms with E-state index in [1.165, 1.54) is 17.7 Å². The summed E-state index contributed by atoms with van der Waals surface area (Å²) in [6.07, 6.45) is 2.95. The lowest BCUT2D eigenvalue weighted by atomic mass is 9.87. The van der Waals surface area contributed by atoms with Crippen LogP contribution in [0, 0.1) is 5.82 Å². The molecule has 0 heterocycles. The first-order valence-electron chi connectivity index (χ1n) is 6.99. The Hall–Kier alpha value is -1.68. The minimum atomic E-state index is -0.500. The minimum absolute atomic E-state index is 0.0409. The van der Waals surface area contributed by atoms with E-state index in [1.807, 2.05) is 18.2 Å². The van der Waals surface area contributed by atoms with Crippen molar-refractivity contribution in [2.45, 2.75) is 25.3 Å². The number of amides is 1. The maximum atomic E-state index is 13.8. The Morgan fingerprint density at radius 3 is 2.90 bits per heavy atom. The van der Waals surface area contributed by atoms with Gasteiger partial charge in [0.1, 0.15) is 5.82 Å². The molecule has 1 amide bonds. The maximum absolute atomic E-state index is 13.8. The highest BCUT2D eigenvalue weighted by atomic mass is 79.9. The molecule has 0 saturated heterocycles. The van der Waals surface area contributed by atoms with E-state index < -0.39 is 5.82 Å². The van der Waals surface area contributed by atoms with Crippen LogP contribution in [0.3, 0.4) is 0 Å². The van der Waals surface area contributed by atoms with Gasteiger partial charge in [-0.2, -0.15) is 0 Å². The van der Waals surface area contributed by atoms with Gasteiger partial charge in [-0.25, -0.2) is 4.39 Å². The van der Waals surface area contributed by atoms with Crippen LogP contribution in [0.1, 0.15) is 40.4 Å². The van der Waals surface area contributed by atoms with E-state index >= 15 is 0 Å². The Bertz CT molecular complexity index is 686. The van der Waals surface area contributed by atoms with Crippen LogP contribution in [0.2, 0.25) is 0 Å². The quantitative estimate of drug-likeness (QED) is 0.857. The van der Waals surface area contributed by atoms with E-state index in [0.29, 0.717) is 4.47 Å². The Morgan fingerprint density at radius 1 is 1.24 bits per heavy atom. The summed E-state index contributed by atoms with van der Waals surface area (Å²) in [6.45, 7) is 0. The third-order valence-corrected chi connectivity index (χ3v) is 4.34. The van der Waals surface area contributed by atoms with Crippen LogP contribution in [0.15, 0.2) is 46.9 Å². The number of halogens is 2. The number of benzene rings is 2. The molecule has 1 unspecified atom stereocenters. The molecular weight excluding hydrogens is 333 g/mol. The number of hydrogen-bond acceptors (Lipinski definition) is 1. The molecule has 4 heteroatoms. The van der Waals surface area contributed by atoms with E-state index in [1.54, 1.807) is 6.07 Å². The topological polar surface area (TPSA) is 29.1 Å². The molecule has 21 heavy (non-hydrogen) atoms. The number of rotatable bonds is 2. The van der Waals surface area contributed by atoms with Crippen LogP contribution in [0.4, 0.5) is 4.39 Å². The molecule has 2 aromatic carbocycles. The number of hydrogen-bond donors (Lipinski definition) is 1. The van der Waals surface area contributed by atoms with Crippen molar-refractivity contribution < 1.29 is 9.18 Å². The summed E-state index contributed by atoms with van der Waals surface area (Å²) in [7, 11) is 0. The molecule has 0 aliphatic heterocycles. The second-order valence-electron chi connectivity index (χ2n) is 5.24. The Kier molecular flexibility index (Phi) is 4.06. The molecule has 0 spiro atoms. The highest BCUT2D eigenvalue weighted by Gasteiger charge is 2.23. The molecule has 108 valence electrons. The number of aryl methyl sites for hydroxylation is 1. The van der Waals surface area contributed by atoms with Crippen LogP contribution >= 0.6 is 15.9 Å². The van der Waals surface area contributed by atoms with E-state index in [-0.39, 0.29) is 17.5 Å². The summed E-state index contributed by atoms with van der Waals surface area (Å²) in [6, 6.07) is 12.5. The first kappa shape index (κ1) is 14.3. The van der Waals surface area contributed by atoms with Gasteiger partial charge >= 0.3 is 0 Å². The molecule has 1 N–H and O–H groups in total. The summed E-state index contributed by atoms with van der Waals surface area (Å²) < 4.78 is 14.5. The van der Waals surface area contributed by atoms with E-state index in [9.17, 15) is 9.18 Å². The van der Waals surface area contributed by atoms with Gasteiger partial charge in [0.05, 0.1) is 11.6 Å². The van der Waals surface area contributed by atoms with Crippen molar-refractivity contribution >= 4 is 21.8 Å². The zero-order valence-corrected chi connectivity index (χ0v) is 13.0. The van der Waals surface area contributed by atoms with Crippen molar-refractivity contribution in [1.29, 1.82) is 0 Å². The fourth-order valence-electron chi connectivity index (χ4n) is 2.81. The van der Waals surface area contributed by atoms with Crippen molar-refractivity contribution in [3.63, 3.8) is 0 Å². The van der Waals surface area contributed by atoms with Crippen LogP contribution < -0.4 is 5.32 Å². The molecule has 0 saturated carbocycles. The number of carbonyl (C=O) groups excluding carboxylic acids is 1. The van der Waals surface area contributed by atoms with Crippen molar-refractivity contribution in [2.24, 2.45) is 0 Å². The van der Waals surface area contributed by atoms with Crippen LogP contribution in [0.25, 0.3) is 0 Å². The van der Waals surface area contributed by atoms with Crippen molar-refractivity contribution in [3.05, 3.63) is 69.4 Å². The zero-order chi connectivity index (χ0) is 14.8. The molecule has 0 bridgehead atoms. The first-order valence-corrected chi connectivity index (χ1v) is 7.78. The highest BCUT2D eigenvalue weighted by Crippen LogP contribution is 2.30. The normalized spacial score (nSPS) is 17.1. The second kappa shape index (κ2) is 5.98. The van der Waals surface area contributed by atoms with Crippen molar-refractivity contribution in [1.82, 2.24) is 5.32 Å². The molecular formula is C17H15BrFNO. The standard InChI is InChI=1S/C17H15BrFNO/c18-12-8-9-15(19)14(10-12)17(21)20-16-7-3-5-11-4-1-2-6-13(11)16/h1-2,4,6,8-10,16H,3,5,7H2,(H,20,21). The predicted molar refractivity (Wildman–Crippen MR) is 83.7 cm³/mol. The smallest absolute Gasteiger partial charge is 0.254 e. The second-order valence-corrected chi connectivity index (χ2v) is 6.16. The molecule has 0 aromatic heterocycles. The SMILES string of the molecule is O=C(NC1CCCc2ccccc21)c1cc(Br)ccc1F. The Balaban J connectivity index is 1.84. The fraction of sp³-hybridized carbons (Fsp3) is 0.235. The van der Waals surface area contributed by atoms with Crippen molar-refractivity contribution in [3.8, 4) is 0 Å². The largest absolute Gasteiger partial charge is 0.345 e. The predicted octanol–water partition coefficient (Wildman–Crippen LogP) is 4.40. The number of nitrogens with one attached hydrogen (secondary N) is 1. The van der Waals surface area contributed by atoms with Gasteiger partial charge in [-0.1, -0.05) is 40.2 Å². The zero-order valence-electron chi connectivity index (χ0n) is 11.4. The summed E-state index contributed by atoms with van der Waals surface area (Å²) >= 11 is 3.27. The Morgan fingerprint density at radius 2 is 2.05 bits per heavy atom. The molecule has 3 rings (SSSR count). The number of carbonyl (C=O) groups is 1. The molecule has 1 atom stereocenters. The minimum Gasteiger partial charge on any atom is -0.345 e. The van der Waals surface area contributed by atoms with Gasteiger partial charge in [-0.3, -0.25) is 4.79 Å². The van der Waals surface area contributed by atoms with E-state index in [0.717, 1.165) is 24.8 Å². The third-order valence-electron chi connectivity index (χ3n) is 3.85. The third kappa shape index (κ3) is 3.00. The van der Waals surface area contributed by atoms with Gasteiger partial charge < -0.3 is 5.32 Å². The van der Waals surface area contributed by atoms with E-state index in [2.05, 4.69) is 27.3 Å². The monoisotopic (exact) mass is 347 g/mol. The van der Waals surface area contributed by atoms with Gasteiger partial charge in [0.15, 0.2) is 0 Å². The van der Waals surface area contributed by atoms with Crippen LogP contribution in [0.5, 0.6) is 0 Å². The summed E-state index contributed by atoms with van der Waals surface area (Å²) in [5, 5.41) is 2.96. The van der Waals surface area contributed by atoms with Gasteiger partial charge in [-0.05, 0) is 48.6 Å². The lowest BCUT2D eigenvalue weighted by Gasteiger charge is -2.26.